The quantitative estimate of drug-likeness (QED) is 0.513. The largest absolute Gasteiger partial charge is 0.365 e. The zero-order chi connectivity index (χ0) is 18.1. The lowest BCUT2D eigenvalue weighted by molar-refractivity contribution is 1.09. The van der Waals surface area contributed by atoms with E-state index in [1.54, 1.807) is 12.4 Å². The molecular formula is C20H15N7. The highest BCUT2D eigenvalue weighted by Crippen LogP contribution is 2.26. The number of anilines is 1. The number of rotatable bonds is 4. The Morgan fingerprint density at radius 2 is 1.81 bits per heavy atom. The van der Waals surface area contributed by atoms with Gasteiger partial charge in [0.1, 0.15) is 12.1 Å². The summed E-state index contributed by atoms with van der Waals surface area (Å²) in [5.41, 5.74) is 5.33. The van der Waals surface area contributed by atoms with Gasteiger partial charge < -0.3 is 5.32 Å². The van der Waals surface area contributed by atoms with Crippen LogP contribution in [0, 0.1) is 0 Å². The second-order valence-corrected chi connectivity index (χ2v) is 6.15. The molecule has 0 atom stereocenters. The van der Waals surface area contributed by atoms with Gasteiger partial charge in [-0.2, -0.15) is 5.10 Å². The van der Waals surface area contributed by atoms with E-state index in [2.05, 4.69) is 47.6 Å². The molecule has 7 nitrogen and oxygen atoms in total. The number of aromatic amines is 1. The minimum atomic E-state index is 0.707. The van der Waals surface area contributed by atoms with E-state index in [0.29, 0.717) is 12.2 Å². The van der Waals surface area contributed by atoms with Crippen LogP contribution >= 0.6 is 0 Å². The van der Waals surface area contributed by atoms with Crippen molar-refractivity contribution in [3.8, 4) is 11.3 Å². The molecule has 0 saturated carbocycles. The summed E-state index contributed by atoms with van der Waals surface area (Å²) in [6, 6.07) is 16.1. The van der Waals surface area contributed by atoms with Gasteiger partial charge in [-0.15, -0.1) is 0 Å². The summed E-state index contributed by atoms with van der Waals surface area (Å²) in [6.45, 7) is 0.707. The molecule has 0 spiro atoms. The zero-order valence-corrected chi connectivity index (χ0v) is 14.3. The molecular weight excluding hydrogens is 338 g/mol. The van der Waals surface area contributed by atoms with Gasteiger partial charge >= 0.3 is 0 Å². The smallest absolute Gasteiger partial charge is 0.159 e. The summed E-state index contributed by atoms with van der Waals surface area (Å²) in [5.74, 6) is 0.748. The van der Waals surface area contributed by atoms with Crippen LogP contribution in [-0.4, -0.2) is 30.1 Å². The number of nitrogens with one attached hydrogen (secondary N) is 2. The molecule has 27 heavy (non-hydrogen) atoms. The maximum Gasteiger partial charge on any atom is 0.159 e. The lowest BCUT2D eigenvalue weighted by Crippen LogP contribution is -2.02. The van der Waals surface area contributed by atoms with Crippen molar-refractivity contribution in [2.75, 3.05) is 5.32 Å². The van der Waals surface area contributed by atoms with Crippen LogP contribution in [0.5, 0.6) is 0 Å². The van der Waals surface area contributed by atoms with E-state index in [9.17, 15) is 0 Å². The van der Waals surface area contributed by atoms with E-state index in [-0.39, 0.29) is 0 Å². The molecule has 0 aliphatic carbocycles. The van der Waals surface area contributed by atoms with Crippen molar-refractivity contribution in [3.05, 3.63) is 72.8 Å². The van der Waals surface area contributed by atoms with Gasteiger partial charge in [0, 0.05) is 12.1 Å². The van der Waals surface area contributed by atoms with E-state index < -0.39 is 0 Å². The first kappa shape index (κ1) is 15.4. The minimum Gasteiger partial charge on any atom is -0.365 e. The second kappa shape index (κ2) is 6.45. The number of benzene rings is 2. The number of hydrogen-bond acceptors (Lipinski definition) is 6. The van der Waals surface area contributed by atoms with E-state index in [4.69, 9.17) is 0 Å². The lowest BCUT2D eigenvalue weighted by atomic mass is 10.1. The van der Waals surface area contributed by atoms with Crippen molar-refractivity contribution in [2.24, 2.45) is 0 Å². The van der Waals surface area contributed by atoms with E-state index >= 15 is 0 Å². The first-order valence-corrected chi connectivity index (χ1v) is 8.56. The van der Waals surface area contributed by atoms with Crippen LogP contribution in [0.4, 0.5) is 5.82 Å². The van der Waals surface area contributed by atoms with Gasteiger partial charge in [0.2, 0.25) is 0 Å². The summed E-state index contributed by atoms with van der Waals surface area (Å²) in [6.07, 6.45) is 5.02. The predicted molar refractivity (Wildman–Crippen MR) is 104 cm³/mol. The lowest BCUT2D eigenvalue weighted by Gasteiger charge is -2.07. The van der Waals surface area contributed by atoms with Gasteiger partial charge in [0.15, 0.2) is 5.65 Å². The van der Waals surface area contributed by atoms with Crippen LogP contribution in [0.3, 0.4) is 0 Å². The van der Waals surface area contributed by atoms with E-state index in [1.165, 1.54) is 11.9 Å². The third-order valence-electron chi connectivity index (χ3n) is 4.38. The Kier molecular flexibility index (Phi) is 3.68. The van der Waals surface area contributed by atoms with Crippen LogP contribution in [0.1, 0.15) is 5.56 Å². The van der Waals surface area contributed by atoms with Crippen molar-refractivity contribution in [3.63, 3.8) is 0 Å². The Morgan fingerprint density at radius 1 is 0.889 bits per heavy atom. The van der Waals surface area contributed by atoms with E-state index in [0.717, 1.165) is 33.5 Å². The van der Waals surface area contributed by atoms with Crippen molar-refractivity contribution in [1.29, 1.82) is 0 Å². The highest BCUT2D eigenvalue weighted by molar-refractivity contribution is 5.92. The van der Waals surface area contributed by atoms with Crippen LogP contribution < -0.4 is 5.32 Å². The van der Waals surface area contributed by atoms with Gasteiger partial charge in [-0.25, -0.2) is 15.0 Å². The molecule has 0 unspecified atom stereocenters. The number of aromatic nitrogens is 6. The molecule has 0 aliphatic rings. The first-order chi connectivity index (χ1) is 13.4. The zero-order valence-electron chi connectivity index (χ0n) is 14.3. The van der Waals surface area contributed by atoms with Crippen molar-refractivity contribution >= 4 is 27.9 Å². The highest BCUT2D eigenvalue weighted by atomic mass is 15.1. The summed E-state index contributed by atoms with van der Waals surface area (Å²) < 4.78 is 0. The molecule has 130 valence electrons. The average molecular weight is 353 g/mol. The van der Waals surface area contributed by atoms with Crippen LogP contribution in [0.2, 0.25) is 0 Å². The van der Waals surface area contributed by atoms with Crippen LogP contribution in [0.25, 0.3) is 33.3 Å². The molecule has 7 heteroatoms. The third-order valence-corrected chi connectivity index (χ3v) is 4.38. The maximum atomic E-state index is 4.65. The van der Waals surface area contributed by atoms with Crippen LogP contribution in [0.15, 0.2) is 67.3 Å². The average Bonchev–Trinajstić information content (AvgIpc) is 3.21. The molecule has 2 N–H and O–H groups in total. The second-order valence-electron chi connectivity index (χ2n) is 6.15. The molecule has 5 rings (SSSR count). The fourth-order valence-corrected chi connectivity index (χ4v) is 3.03. The molecule has 3 heterocycles. The van der Waals surface area contributed by atoms with Crippen molar-refractivity contribution < 1.29 is 0 Å². The summed E-state index contributed by atoms with van der Waals surface area (Å²) >= 11 is 0. The maximum absolute atomic E-state index is 4.65. The Morgan fingerprint density at radius 3 is 2.74 bits per heavy atom. The number of nitrogens with zero attached hydrogens (tertiary/aromatic N) is 5. The molecule has 0 aliphatic heterocycles. The number of H-pyrrole nitrogens is 1. The van der Waals surface area contributed by atoms with Gasteiger partial charge in [0.25, 0.3) is 0 Å². The SMILES string of the molecule is c1ccc(CNc2cnc3cc(-c4ncnc5[nH]ncc45)ccc3n2)cc1. The Balaban J connectivity index is 1.46. The molecule has 3 aromatic heterocycles. The fraction of sp³-hybridized carbons (Fsp3) is 0.0500. The standard InChI is InChI=1S/C20H15N7/c1-2-4-13(5-3-1)9-22-18-11-21-17-8-14(6-7-16(17)26-18)19-15-10-25-27-20(15)24-12-23-19/h1-8,10-12H,9H2,(H,22,26)(H,23,24,25,27). The molecule has 5 aromatic rings. The molecule has 0 bridgehead atoms. The third kappa shape index (κ3) is 2.95. The minimum absolute atomic E-state index is 0.707. The fourth-order valence-electron chi connectivity index (χ4n) is 3.03. The molecule has 0 saturated heterocycles. The highest BCUT2D eigenvalue weighted by Gasteiger charge is 2.09. The summed E-state index contributed by atoms with van der Waals surface area (Å²) in [4.78, 5) is 17.8. The Bertz CT molecular complexity index is 1230. The molecule has 2 aromatic carbocycles. The van der Waals surface area contributed by atoms with Crippen molar-refractivity contribution in [2.45, 2.75) is 6.54 Å². The number of fused-ring (bicyclic) bond motifs is 2. The first-order valence-electron chi connectivity index (χ1n) is 8.56. The van der Waals surface area contributed by atoms with Gasteiger partial charge in [0.05, 0.1) is 34.5 Å². The molecule has 0 fully saturated rings. The number of hydrogen-bond donors (Lipinski definition) is 2. The normalized spacial score (nSPS) is 11.1. The van der Waals surface area contributed by atoms with E-state index in [1.807, 2.05) is 36.4 Å². The van der Waals surface area contributed by atoms with Crippen LogP contribution in [-0.2, 0) is 6.54 Å². The van der Waals surface area contributed by atoms with Gasteiger partial charge in [-0.3, -0.25) is 10.1 Å². The molecule has 0 radical (unpaired) electrons. The Hall–Kier alpha value is -3.87. The Labute approximate surface area is 154 Å². The van der Waals surface area contributed by atoms with Crippen molar-refractivity contribution in [1.82, 2.24) is 30.1 Å². The summed E-state index contributed by atoms with van der Waals surface area (Å²) in [5, 5.41) is 11.1. The molecule has 0 amide bonds. The monoisotopic (exact) mass is 353 g/mol. The predicted octanol–water partition coefficient (Wildman–Crippen LogP) is 3.58. The summed E-state index contributed by atoms with van der Waals surface area (Å²) in [7, 11) is 0. The van der Waals surface area contributed by atoms with Gasteiger partial charge in [-0.1, -0.05) is 36.4 Å². The van der Waals surface area contributed by atoms with Gasteiger partial charge in [-0.05, 0) is 17.7 Å². The topological polar surface area (TPSA) is 92.3 Å².